The second-order valence-electron chi connectivity index (χ2n) is 15.8. The van der Waals surface area contributed by atoms with Crippen LogP contribution in [0.15, 0.2) is 35.1 Å². The normalized spacial score (nSPS) is 21.4. The van der Waals surface area contributed by atoms with Crippen molar-refractivity contribution in [2.24, 2.45) is 11.8 Å². The van der Waals surface area contributed by atoms with Crippen LogP contribution in [-0.2, 0) is 29.7 Å². The van der Waals surface area contributed by atoms with E-state index in [1.54, 1.807) is 30.0 Å². The number of imide groups is 1. The highest BCUT2D eigenvalue weighted by molar-refractivity contribution is 7.99. The first-order valence-electron chi connectivity index (χ1n) is 20.4. The van der Waals surface area contributed by atoms with Crippen LogP contribution < -0.4 is 25.8 Å². The summed E-state index contributed by atoms with van der Waals surface area (Å²) in [6.45, 7) is 6.10. The number of fused-ring (bicyclic) bond motifs is 1. The minimum atomic E-state index is -0.638. The van der Waals surface area contributed by atoms with Crippen molar-refractivity contribution < 1.29 is 42.5 Å². The lowest BCUT2D eigenvalue weighted by Gasteiger charge is -2.49. The number of carbonyl (C=O) groups is 4. The third kappa shape index (κ3) is 10.5. The van der Waals surface area contributed by atoms with Crippen molar-refractivity contribution in [1.82, 2.24) is 25.1 Å². The molecule has 5 saturated heterocycles. The number of hydrogen-bond donors (Lipinski definition) is 4. The van der Waals surface area contributed by atoms with Gasteiger partial charge in [0.15, 0.2) is 0 Å². The van der Waals surface area contributed by atoms with E-state index in [4.69, 9.17) is 19.4 Å². The summed E-state index contributed by atoms with van der Waals surface area (Å²) in [4.78, 5) is 71.7. The van der Waals surface area contributed by atoms with Crippen molar-refractivity contribution in [1.29, 1.82) is 0 Å². The van der Waals surface area contributed by atoms with Crippen molar-refractivity contribution in [3.05, 3.63) is 58.1 Å². The molecule has 0 bridgehead atoms. The molecule has 1 aromatic heterocycles. The van der Waals surface area contributed by atoms with Crippen LogP contribution >= 0.6 is 11.8 Å². The van der Waals surface area contributed by atoms with E-state index in [1.807, 2.05) is 9.80 Å². The number of rotatable bonds is 11. The number of ether oxygens (including phenoxy) is 2. The van der Waals surface area contributed by atoms with E-state index in [2.05, 4.69) is 25.5 Å². The Bertz CT molecular complexity index is 2050. The summed E-state index contributed by atoms with van der Waals surface area (Å²) in [5.41, 5.74) is 0.786. The van der Waals surface area contributed by atoms with Crippen molar-refractivity contribution in [2.45, 2.75) is 74.5 Å². The fourth-order valence-corrected chi connectivity index (χ4v) is 9.57. The lowest BCUT2D eigenvalue weighted by Crippen LogP contribution is -2.63. The summed E-state index contributed by atoms with van der Waals surface area (Å²) in [5, 5.41) is 12.6. The average Bonchev–Trinajstić information content (AvgIpc) is 3.21. The van der Waals surface area contributed by atoms with Crippen LogP contribution in [0.2, 0.25) is 0 Å². The van der Waals surface area contributed by atoms with Gasteiger partial charge < -0.3 is 34.7 Å². The monoisotopic (exact) mass is 839 g/mol. The molecular formula is C41H51F2N7O8S. The Hall–Kier alpha value is -4.81. The highest BCUT2D eigenvalue weighted by atomic mass is 32.2. The van der Waals surface area contributed by atoms with E-state index in [1.165, 1.54) is 12.1 Å². The first-order valence-corrected chi connectivity index (χ1v) is 21.4. The van der Waals surface area contributed by atoms with Crippen LogP contribution in [0.4, 0.5) is 20.2 Å². The number of aromatic amines is 1. The van der Waals surface area contributed by atoms with Crippen LogP contribution in [0, 0.1) is 23.5 Å². The number of likely N-dealkylation sites (tertiary alicyclic amines) is 2. The Balaban J connectivity index is 0.00000171. The molecule has 5 fully saturated rings. The zero-order chi connectivity index (χ0) is 41.5. The van der Waals surface area contributed by atoms with Gasteiger partial charge in [0.05, 0.1) is 23.6 Å². The van der Waals surface area contributed by atoms with E-state index in [9.17, 15) is 19.2 Å². The second kappa shape index (κ2) is 19.5. The molecule has 318 valence electrons. The number of halogens is 2. The molecule has 5 aliphatic heterocycles. The van der Waals surface area contributed by atoms with Gasteiger partial charge in [-0.3, -0.25) is 34.2 Å². The Morgan fingerprint density at radius 3 is 2.41 bits per heavy atom. The molecule has 3 amide bonds. The fraction of sp³-hybridized carbons (Fsp3) is 0.561. The van der Waals surface area contributed by atoms with Crippen LogP contribution in [0.3, 0.4) is 0 Å². The number of hydrogen-bond acceptors (Lipinski definition) is 12. The van der Waals surface area contributed by atoms with Gasteiger partial charge in [0, 0.05) is 80.8 Å². The number of anilines is 2. The maximum atomic E-state index is 15.2. The van der Waals surface area contributed by atoms with Gasteiger partial charge in [-0.1, -0.05) is 0 Å². The zero-order valence-electron chi connectivity index (χ0n) is 32.8. The number of nitrogens with zero attached hydrogens (tertiary/aromatic N) is 4. The molecule has 0 spiro atoms. The average molecular weight is 840 g/mol. The molecule has 0 radical (unpaired) electrons. The van der Waals surface area contributed by atoms with Crippen molar-refractivity contribution in [3.8, 4) is 5.75 Å². The molecule has 0 aliphatic carbocycles. The third-order valence-corrected chi connectivity index (χ3v) is 13.3. The predicted molar refractivity (Wildman–Crippen MR) is 217 cm³/mol. The highest BCUT2D eigenvalue weighted by Gasteiger charge is 2.39. The molecule has 15 nitrogen and oxygen atoms in total. The molecule has 18 heteroatoms. The number of H-pyrrole nitrogens is 1. The van der Waals surface area contributed by atoms with E-state index >= 15 is 8.78 Å². The van der Waals surface area contributed by atoms with Gasteiger partial charge in [-0.05, 0) is 82.2 Å². The second-order valence-corrected chi connectivity index (χ2v) is 17.1. The minimum Gasteiger partial charge on any atom is -0.493 e. The van der Waals surface area contributed by atoms with Crippen molar-refractivity contribution in [2.75, 3.05) is 69.3 Å². The summed E-state index contributed by atoms with van der Waals surface area (Å²) in [6, 6.07) is 7.51. The van der Waals surface area contributed by atoms with Crippen molar-refractivity contribution in [3.63, 3.8) is 0 Å². The highest BCUT2D eigenvalue weighted by Crippen LogP contribution is 2.32. The number of thioether (sulfide) groups is 1. The summed E-state index contributed by atoms with van der Waals surface area (Å²) in [5.74, 6) is 0.130. The number of carbonyl (C=O) groups excluding carboxylic acids is 3. The lowest BCUT2D eigenvalue weighted by atomic mass is 9.91. The fourth-order valence-electron chi connectivity index (χ4n) is 8.52. The lowest BCUT2D eigenvalue weighted by molar-refractivity contribution is -0.144. The number of nitrogens with one attached hydrogen (secondary N) is 3. The maximum Gasteiger partial charge on any atom is 0.290 e. The van der Waals surface area contributed by atoms with Gasteiger partial charge >= 0.3 is 0 Å². The van der Waals surface area contributed by atoms with Crippen LogP contribution in [0.25, 0.3) is 10.9 Å². The van der Waals surface area contributed by atoms with E-state index in [-0.39, 0.29) is 36.0 Å². The molecule has 0 saturated carbocycles. The summed E-state index contributed by atoms with van der Waals surface area (Å²) < 4.78 is 41.7. The quantitative estimate of drug-likeness (QED) is 0.162. The third-order valence-electron chi connectivity index (χ3n) is 11.9. The van der Waals surface area contributed by atoms with Gasteiger partial charge in [0.1, 0.15) is 34.6 Å². The molecule has 4 N–H and O–H groups in total. The number of carboxylic acid groups (broad SMARTS) is 1. The van der Waals surface area contributed by atoms with Gasteiger partial charge in [-0.25, -0.2) is 13.8 Å². The molecule has 1 unspecified atom stereocenters. The molecule has 5 aliphatic rings. The van der Waals surface area contributed by atoms with Gasteiger partial charge in [-0.15, -0.1) is 0 Å². The first-order chi connectivity index (χ1) is 28.6. The van der Waals surface area contributed by atoms with Crippen LogP contribution in [0.5, 0.6) is 5.75 Å². The molecule has 1 atom stereocenters. The zero-order valence-corrected chi connectivity index (χ0v) is 33.7. The molecule has 2 aromatic carbocycles. The smallest absolute Gasteiger partial charge is 0.290 e. The SMILES string of the molecule is O=C1CCC(Nc2ccc(N3CCC(C(=O)N4CC(N5CCC(COc6cc(F)c7c(=O)[nH]c(CSC8CCOCC8)nc7c6)CC5)C4)CC3)c(F)c2)C(=O)N1.O=CO. The Morgan fingerprint density at radius 1 is 0.983 bits per heavy atom. The van der Waals surface area contributed by atoms with E-state index in [0.717, 1.165) is 52.0 Å². The van der Waals surface area contributed by atoms with Gasteiger partial charge in [-0.2, -0.15) is 11.8 Å². The van der Waals surface area contributed by atoms with Crippen LogP contribution in [-0.4, -0.2) is 125 Å². The minimum absolute atomic E-state index is 0.0513. The van der Waals surface area contributed by atoms with Crippen LogP contribution in [0.1, 0.15) is 57.2 Å². The number of benzene rings is 2. The molecule has 8 rings (SSSR count). The van der Waals surface area contributed by atoms with E-state index in [0.29, 0.717) is 103 Å². The van der Waals surface area contributed by atoms with Gasteiger partial charge in [0.2, 0.25) is 17.7 Å². The summed E-state index contributed by atoms with van der Waals surface area (Å²) in [7, 11) is 0. The standard InChI is InChI=1S/C40H49F2N7O6S.CH2O2/c41-30-17-26(43-32-2-4-36(50)46-38(32)51)1-3-34(30)48-13-7-25(8-14-48)40(53)49-20-27(21-49)47-11-5-24(6-12-47)22-55-28-18-31(42)37-33(19-28)44-35(45-39(37)52)23-56-29-9-15-54-16-10-29;2-1-3/h1,3,17-19,24-25,27,29,32,43H,2,4-16,20-23H2,(H,44,45,52)(H,46,50,51);1H,(H,2,3). The number of aromatic nitrogens is 2. The number of piperidine rings is 3. The summed E-state index contributed by atoms with van der Waals surface area (Å²) >= 11 is 1.74. The predicted octanol–water partition coefficient (Wildman–Crippen LogP) is 3.75. The number of amides is 3. The maximum absolute atomic E-state index is 15.2. The van der Waals surface area contributed by atoms with Gasteiger partial charge in [0.25, 0.3) is 12.0 Å². The molecular weight excluding hydrogens is 789 g/mol. The van der Waals surface area contributed by atoms with Crippen molar-refractivity contribution >= 4 is 58.2 Å². The largest absolute Gasteiger partial charge is 0.493 e. The van der Waals surface area contributed by atoms with E-state index < -0.39 is 29.1 Å². The first kappa shape index (κ1) is 42.3. The molecule has 59 heavy (non-hydrogen) atoms. The Morgan fingerprint density at radius 2 is 1.71 bits per heavy atom. The Kier molecular flexibility index (Phi) is 14.0. The molecule has 3 aromatic rings. The summed E-state index contributed by atoms with van der Waals surface area (Å²) in [6.07, 6.45) is 5.73. The topological polar surface area (TPSA) is 186 Å². The Labute approximate surface area is 344 Å². The molecule has 6 heterocycles.